The highest BCUT2D eigenvalue weighted by atomic mass is 35.5. The summed E-state index contributed by atoms with van der Waals surface area (Å²) in [5.41, 5.74) is 0.961. The van der Waals surface area contributed by atoms with Crippen molar-refractivity contribution in [2.45, 2.75) is 20.0 Å². The van der Waals surface area contributed by atoms with E-state index in [1.807, 2.05) is 0 Å². The van der Waals surface area contributed by atoms with Crippen molar-refractivity contribution in [3.63, 3.8) is 0 Å². The van der Waals surface area contributed by atoms with E-state index >= 15 is 0 Å². The number of halogens is 1. The lowest BCUT2D eigenvalue weighted by Gasteiger charge is -2.29. The quantitative estimate of drug-likeness (QED) is 0.308. The maximum Gasteiger partial charge on any atom is 0.344 e. The molecule has 1 N–H and O–H groups in total. The molecule has 0 bridgehead atoms. The van der Waals surface area contributed by atoms with Crippen molar-refractivity contribution in [1.29, 1.82) is 0 Å². The third-order valence-electron chi connectivity index (χ3n) is 4.08. The maximum absolute atomic E-state index is 13.0. The van der Waals surface area contributed by atoms with Crippen molar-refractivity contribution >= 4 is 58.5 Å². The van der Waals surface area contributed by atoms with Gasteiger partial charge in [-0.1, -0.05) is 29.8 Å². The van der Waals surface area contributed by atoms with Crippen molar-refractivity contribution in [2.24, 2.45) is 0 Å². The summed E-state index contributed by atoms with van der Waals surface area (Å²) in [6.07, 6.45) is 1.23. The Labute approximate surface area is 189 Å². The van der Waals surface area contributed by atoms with Crippen LogP contribution in [0.2, 0.25) is 5.02 Å². The van der Waals surface area contributed by atoms with Crippen LogP contribution in [0.1, 0.15) is 19.4 Å². The fourth-order valence-corrected chi connectivity index (χ4v) is 3.24. The molecule has 0 atom stereocenters. The molecule has 0 spiro atoms. The summed E-state index contributed by atoms with van der Waals surface area (Å²) < 4.78 is 10.4. The van der Waals surface area contributed by atoms with Crippen molar-refractivity contribution in [3.8, 4) is 5.75 Å². The zero-order valence-electron chi connectivity index (χ0n) is 16.8. The number of carbonyl (C=O) groups excluding carboxylic acids is 3. The molecule has 0 aromatic heterocycles. The van der Waals surface area contributed by atoms with Gasteiger partial charge >= 0.3 is 5.97 Å². The minimum Gasteiger partial charge on any atom is -0.482 e. The molecule has 0 aliphatic carbocycles. The Balaban J connectivity index is 1.77. The molecule has 1 aliphatic rings. The summed E-state index contributed by atoms with van der Waals surface area (Å²) in [5.74, 6) is -1.18. The number of thiocarbonyl (C=S) groups is 1. The Hall–Kier alpha value is -3.23. The maximum atomic E-state index is 13.0. The summed E-state index contributed by atoms with van der Waals surface area (Å²) >= 11 is 11.2. The highest BCUT2D eigenvalue weighted by Gasteiger charge is 2.34. The minimum absolute atomic E-state index is 0.0218. The van der Waals surface area contributed by atoms with Gasteiger partial charge in [-0.15, -0.1) is 0 Å². The van der Waals surface area contributed by atoms with Gasteiger partial charge in [0.2, 0.25) is 0 Å². The fraction of sp³-hybridized carbons (Fsp3) is 0.182. The molecular weight excluding hydrogens is 440 g/mol. The standard InChI is InChI=1S/C22H19ClN2O5S/c1-13(2)30-19(26)12-29-17-8-6-14(7-9-17)10-18-20(27)24-22(31)25(21(18)28)16-5-3-4-15(23)11-16/h3-11,13H,12H2,1-2H3,(H,24,27,31)/b18-10+. The van der Waals surface area contributed by atoms with Crippen molar-refractivity contribution in [3.05, 3.63) is 64.7 Å². The summed E-state index contributed by atoms with van der Waals surface area (Å²) in [4.78, 5) is 38.1. The molecule has 7 nitrogen and oxygen atoms in total. The molecule has 1 aliphatic heterocycles. The average Bonchev–Trinajstić information content (AvgIpc) is 2.70. The Morgan fingerprint density at radius 2 is 1.90 bits per heavy atom. The van der Waals surface area contributed by atoms with E-state index in [0.29, 0.717) is 22.0 Å². The topological polar surface area (TPSA) is 84.9 Å². The molecule has 0 radical (unpaired) electrons. The molecule has 31 heavy (non-hydrogen) atoms. The van der Waals surface area contributed by atoms with Crippen LogP contribution in [0.4, 0.5) is 5.69 Å². The summed E-state index contributed by atoms with van der Waals surface area (Å²) in [6.45, 7) is 3.29. The van der Waals surface area contributed by atoms with Crippen LogP contribution in [-0.2, 0) is 19.1 Å². The third-order valence-corrected chi connectivity index (χ3v) is 4.60. The van der Waals surface area contributed by atoms with Crippen LogP contribution in [0.15, 0.2) is 54.1 Å². The van der Waals surface area contributed by atoms with E-state index in [1.165, 1.54) is 11.0 Å². The molecule has 2 amide bonds. The number of nitrogens with zero attached hydrogens (tertiary/aromatic N) is 1. The van der Waals surface area contributed by atoms with Crippen LogP contribution < -0.4 is 15.0 Å². The SMILES string of the molecule is CC(C)OC(=O)COc1ccc(/C=C2\C(=O)NC(=S)N(c3cccc(Cl)c3)C2=O)cc1. The Morgan fingerprint density at radius 1 is 1.19 bits per heavy atom. The summed E-state index contributed by atoms with van der Waals surface area (Å²) in [6, 6.07) is 13.2. The number of carbonyl (C=O) groups is 3. The molecule has 2 aromatic rings. The highest BCUT2D eigenvalue weighted by Crippen LogP contribution is 2.25. The number of rotatable bonds is 6. The van der Waals surface area contributed by atoms with Gasteiger partial charge in [-0.3, -0.25) is 19.8 Å². The van der Waals surface area contributed by atoms with Gasteiger partial charge < -0.3 is 9.47 Å². The van der Waals surface area contributed by atoms with Gasteiger partial charge in [-0.05, 0) is 68.0 Å². The first kappa shape index (κ1) is 22.5. The molecule has 3 rings (SSSR count). The van der Waals surface area contributed by atoms with Gasteiger partial charge in [0.25, 0.3) is 11.8 Å². The molecule has 1 fully saturated rings. The number of anilines is 1. The smallest absolute Gasteiger partial charge is 0.344 e. The zero-order chi connectivity index (χ0) is 22.5. The van der Waals surface area contributed by atoms with E-state index in [1.54, 1.807) is 62.4 Å². The van der Waals surface area contributed by atoms with Crippen LogP contribution >= 0.6 is 23.8 Å². The second-order valence-corrected chi connectivity index (χ2v) is 7.66. The molecule has 160 valence electrons. The van der Waals surface area contributed by atoms with Crippen molar-refractivity contribution < 1.29 is 23.9 Å². The molecule has 1 saturated heterocycles. The van der Waals surface area contributed by atoms with Crippen molar-refractivity contribution in [2.75, 3.05) is 11.5 Å². The largest absolute Gasteiger partial charge is 0.482 e. The van der Waals surface area contributed by atoms with Gasteiger partial charge in [0, 0.05) is 5.02 Å². The van der Waals surface area contributed by atoms with Crippen LogP contribution in [0.5, 0.6) is 5.75 Å². The summed E-state index contributed by atoms with van der Waals surface area (Å²) in [7, 11) is 0. The Kier molecular flexibility index (Phi) is 7.04. The van der Waals surface area contributed by atoms with Gasteiger partial charge in [0.1, 0.15) is 11.3 Å². The number of hydrogen-bond acceptors (Lipinski definition) is 6. The zero-order valence-corrected chi connectivity index (χ0v) is 18.3. The Bertz CT molecular complexity index is 1070. The second-order valence-electron chi connectivity index (χ2n) is 6.83. The number of esters is 1. The van der Waals surface area contributed by atoms with E-state index in [4.69, 9.17) is 33.3 Å². The molecule has 1 heterocycles. The monoisotopic (exact) mass is 458 g/mol. The van der Waals surface area contributed by atoms with E-state index in [2.05, 4.69) is 5.32 Å². The predicted molar refractivity (Wildman–Crippen MR) is 121 cm³/mol. The number of nitrogens with one attached hydrogen (secondary N) is 1. The van der Waals surface area contributed by atoms with Gasteiger partial charge in [-0.2, -0.15) is 0 Å². The lowest BCUT2D eigenvalue weighted by molar-refractivity contribution is -0.149. The lowest BCUT2D eigenvalue weighted by atomic mass is 10.1. The predicted octanol–water partition coefficient (Wildman–Crippen LogP) is 3.50. The van der Waals surface area contributed by atoms with Crippen LogP contribution in [0, 0.1) is 0 Å². The number of benzene rings is 2. The minimum atomic E-state index is -0.593. The number of hydrogen-bond donors (Lipinski definition) is 1. The lowest BCUT2D eigenvalue weighted by Crippen LogP contribution is -2.54. The number of amides is 2. The normalized spacial score (nSPS) is 15.3. The second kappa shape index (κ2) is 9.72. The molecule has 0 unspecified atom stereocenters. The third kappa shape index (κ3) is 5.68. The van der Waals surface area contributed by atoms with E-state index < -0.39 is 17.8 Å². The van der Waals surface area contributed by atoms with Gasteiger partial charge in [0.15, 0.2) is 11.7 Å². The van der Waals surface area contributed by atoms with Gasteiger partial charge in [-0.25, -0.2) is 4.79 Å². The van der Waals surface area contributed by atoms with Crippen LogP contribution in [0.25, 0.3) is 6.08 Å². The number of ether oxygens (including phenoxy) is 2. The fourth-order valence-electron chi connectivity index (χ4n) is 2.77. The van der Waals surface area contributed by atoms with Gasteiger partial charge in [0.05, 0.1) is 11.8 Å². The van der Waals surface area contributed by atoms with E-state index in [-0.39, 0.29) is 23.4 Å². The Morgan fingerprint density at radius 3 is 2.55 bits per heavy atom. The highest BCUT2D eigenvalue weighted by molar-refractivity contribution is 7.80. The summed E-state index contributed by atoms with van der Waals surface area (Å²) in [5, 5.41) is 2.93. The van der Waals surface area contributed by atoms with Crippen LogP contribution in [-0.4, -0.2) is 35.6 Å². The molecule has 0 saturated carbocycles. The molecular formula is C22H19ClN2O5S. The molecule has 2 aromatic carbocycles. The van der Waals surface area contributed by atoms with E-state index in [0.717, 1.165) is 0 Å². The van der Waals surface area contributed by atoms with E-state index in [9.17, 15) is 14.4 Å². The first-order valence-electron chi connectivity index (χ1n) is 9.34. The van der Waals surface area contributed by atoms with Crippen LogP contribution in [0.3, 0.4) is 0 Å². The molecule has 9 heteroatoms. The first-order chi connectivity index (χ1) is 14.7. The average molecular weight is 459 g/mol. The van der Waals surface area contributed by atoms with Crippen molar-refractivity contribution in [1.82, 2.24) is 5.32 Å². The first-order valence-corrected chi connectivity index (χ1v) is 10.1.